The largest absolute Gasteiger partial charge is 0.382 e. The van der Waals surface area contributed by atoms with Gasteiger partial charge in [-0.25, -0.2) is 0 Å². The molecular formula is C30H61NO11. The van der Waals surface area contributed by atoms with Gasteiger partial charge in [-0.15, -0.1) is 0 Å². The Bertz CT molecular complexity index is 525. The van der Waals surface area contributed by atoms with Crippen LogP contribution in [-0.2, 0) is 52.1 Å². The van der Waals surface area contributed by atoms with E-state index in [-0.39, 0.29) is 0 Å². The highest BCUT2D eigenvalue weighted by molar-refractivity contribution is 4.73. The summed E-state index contributed by atoms with van der Waals surface area (Å²) in [6, 6.07) is 0. The Morgan fingerprint density at radius 3 is 1.02 bits per heavy atom. The van der Waals surface area contributed by atoms with Crippen molar-refractivity contribution in [1.29, 1.82) is 0 Å². The number of nitrogens with zero attached hydrogens (tertiary/aromatic N) is 1. The van der Waals surface area contributed by atoms with Crippen molar-refractivity contribution >= 4 is 0 Å². The zero-order valence-corrected chi connectivity index (χ0v) is 26.8. The smallest absolute Gasteiger partial charge is 0.0704 e. The summed E-state index contributed by atoms with van der Waals surface area (Å²) in [5.74, 6) is 0.727. The second-order valence-corrected chi connectivity index (χ2v) is 10.3. The molecule has 0 N–H and O–H groups in total. The molecule has 42 heavy (non-hydrogen) atoms. The van der Waals surface area contributed by atoms with Crippen LogP contribution in [0.5, 0.6) is 0 Å². The van der Waals surface area contributed by atoms with E-state index in [0.717, 1.165) is 31.8 Å². The molecule has 0 amide bonds. The van der Waals surface area contributed by atoms with Crippen molar-refractivity contribution in [2.45, 2.75) is 32.8 Å². The molecule has 0 bridgehead atoms. The van der Waals surface area contributed by atoms with Crippen LogP contribution in [0.1, 0.15) is 26.7 Å². The van der Waals surface area contributed by atoms with Crippen LogP contribution in [0.3, 0.4) is 0 Å². The second kappa shape index (κ2) is 31.9. The molecular weight excluding hydrogens is 550 g/mol. The number of hydrogen-bond acceptors (Lipinski definition) is 12. The van der Waals surface area contributed by atoms with Gasteiger partial charge in [-0.1, -0.05) is 13.8 Å². The summed E-state index contributed by atoms with van der Waals surface area (Å²) in [5.41, 5.74) is 0. The lowest BCUT2D eigenvalue weighted by Gasteiger charge is -2.32. The van der Waals surface area contributed by atoms with Gasteiger partial charge in [-0.3, -0.25) is 0 Å². The van der Waals surface area contributed by atoms with Crippen LogP contribution in [0.25, 0.3) is 0 Å². The fourth-order valence-corrected chi connectivity index (χ4v) is 4.05. The fraction of sp³-hybridized carbons (Fsp3) is 1.00. The fourth-order valence-electron chi connectivity index (χ4n) is 4.05. The highest BCUT2D eigenvalue weighted by Crippen LogP contribution is 2.14. The molecule has 12 heteroatoms. The van der Waals surface area contributed by atoms with Crippen molar-refractivity contribution in [3.63, 3.8) is 0 Å². The number of ether oxygens (including phenoxy) is 11. The van der Waals surface area contributed by atoms with Crippen molar-refractivity contribution in [2.24, 2.45) is 5.92 Å². The molecule has 1 aliphatic rings. The quantitative estimate of drug-likeness (QED) is 0.101. The molecule has 0 radical (unpaired) electrons. The van der Waals surface area contributed by atoms with E-state index in [1.54, 1.807) is 7.11 Å². The van der Waals surface area contributed by atoms with E-state index in [1.165, 1.54) is 6.54 Å². The maximum atomic E-state index is 5.95. The highest BCUT2D eigenvalue weighted by Gasteiger charge is 2.19. The van der Waals surface area contributed by atoms with Gasteiger partial charge in [0.2, 0.25) is 0 Å². The lowest BCUT2D eigenvalue weighted by atomic mass is 10.1. The van der Waals surface area contributed by atoms with Crippen molar-refractivity contribution in [3.05, 3.63) is 0 Å². The molecule has 12 nitrogen and oxygen atoms in total. The number of piperidine rings is 1. The SMILES string of the molecule is COCCOCCOCCOCCOCCOCCOCCOCCOCCOCCOC1CCN(CC(C)C)CC1. The van der Waals surface area contributed by atoms with Gasteiger partial charge in [0.1, 0.15) is 0 Å². The Hall–Kier alpha value is -0.480. The lowest BCUT2D eigenvalue weighted by Crippen LogP contribution is -2.39. The molecule has 0 aromatic heterocycles. The number of hydrogen-bond donors (Lipinski definition) is 0. The number of methoxy groups -OCH3 is 1. The van der Waals surface area contributed by atoms with E-state index in [4.69, 9.17) is 52.1 Å². The molecule has 0 aromatic rings. The summed E-state index contributed by atoms with van der Waals surface area (Å²) in [6.45, 7) is 19.1. The van der Waals surface area contributed by atoms with Crippen LogP contribution in [0.4, 0.5) is 0 Å². The standard InChI is InChI=1S/C30H61NO11/c1-29(2)28-31-6-4-30(5-7-31)42-27-26-41-25-24-40-23-22-39-21-20-38-19-18-37-17-16-36-15-14-35-13-12-34-11-10-33-9-8-32-3/h29-30H,4-28H2,1-3H3. The first-order valence-corrected chi connectivity index (χ1v) is 15.7. The van der Waals surface area contributed by atoms with E-state index in [0.29, 0.717) is 138 Å². The van der Waals surface area contributed by atoms with Crippen LogP contribution in [0.2, 0.25) is 0 Å². The van der Waals surface area contributed by atoms with Gasteiger partial charge < -0.3 is 57.0 Å². The van der Waals surface area contributed by atoms with Crippen molar-refractivity contribution < 1.29 is 52.1 Å². The topological polar surface area (TPSA) is 105 Å². The van der Waals surface area contributed by atoms with Gasteiger partial charge in [-0.05, 0) is 18.8 Å². The Balaban J connectivity index is 1.64. The van der Waals surface area contributed by atoms with Gasteiger partial charge >= 0.3 is 0 Å². The molecule has 252 valence electrons. The molecule has 0 saturated carbocycles. The van der Waals surface area contributed by atoms with Gasteiger partial charge in [0.05, 0.1) is 138 Å². The van der Waals surface area contributed by atoms with Crippen LogP contribution < -0.4 is 0 Å². The Labute approximate surface area is 254 Å². The minimum Gasteiger partial charge on any atom is -0.382 e. The molecule has 0 atom stereocenters. The van der Waals surface area contributed by atoms with Gasteiger partial charge in [0.15, 0.2) is 0 Å². The van der Waals surface area contributed by atoms with E-state index >= 15 is 0 Å². The maximum Gasteiger partial charge on any atom is 0.0704 e. The minimum atomic E-state index is 0.373. The minimum absolute atomic E-state index is 0.373. The predicted octanol–water partition coefficient (Wildman–Crippen LogP) is 1.92. The third-order valence-electron chi connectivity index (χ3n) is 6.15. The summed E-state index contributed by atoms with van der Waals surface area (Å²) in [6.07, 6.45) is 2.61. The van der Waals surface area contributed by atoms with Crippen LogP contribution >= 0.6 is 0 Å². The summed E-state index contributed by atoms with van der Waals surface area (Å²) in [7, 11) is 1.65. The molecule has 1 saturated heterocycles. The van der Waals surface area contributed by atoms with Crippen LogP contribution in [-0.4, -0.2) is 170 Å². The third-order valence-corrected chi connectivity index (χ3v) is 6.15. The first-order chi connectivity index (χ1) is 20.7. The van der Waals surface area contributed by atoms with E-state index in [2.05, 4.69) is 18.7 Å². The zero-order chi connectivity index (χ0) is 30.2. The van der Waals surface area contributed by atoms with Crippen molar-refractivity contribution in [2.75, 3.05) is 159 Å². The molecule has 0 unspecified atom stereocenters. The molecule has 1 rings (SSSR count). The molecule has 1 heterocycles. The van der Waals surface area contributed by atoms with E-state index in [1.807, 2.05) is 0 Å². The van der Waals surface area contributed by atoms with Crippen LogP contribution in [0.15, 0.2) is 0 Å². The first-order valence-electron chi connectivity index (χ1n) is 15.7. The number of likely N-dealkylation sites (tertiary alicyclic amines) is 1. The predicted molar refractivity (Wildman–Crippen MR) is 159 cm³/mol. The van der Waals surface area contributed by atoms with Gasteiger partial charge in [0, 0.05) is 26.7 Å². The molecule has 0 spiro atoms. The second-order valence-electron chi connectivity index (χ2n) is 10.3. The summed E-state index contributed by atoms with van der Waals surface area (Å²) >= 11 is 0. The molecule has 1 fully saturated rings. The third kappa shape index (κ3) is 28.3. The Morgan fingerprint density at radius 1 is 0.452 bits per heavy atom. The van der Waals surface area contributed by atoms with Crippen molar-refractivity contribution in [1.82, 2.24) is 4.90 Å². The summed E-state index contributed by atoms with van der Waals surface area (Å²) < 4.78 is 60.1. The summed E-state index contributed by atoms with van der Waals surface area (Å²) in [5, 5.41) is 0. The lowest BCUT2D eigenvalue weighted by molar-refractivity contribution is -0.0384. The van der Waals surface area contributed by atoms with E-state index < -0.39 is 0 Å². The molecule has 1 aliphatic heterocycles. The van der Waals surface area contributed by atoms with Gasteiger partial charge in [-0.2, -0.15) is 0 Å². The Kier molecular flexibility index (Phi) is 30.1. The van der Waals surface area contributed by atoms with E-state index in [9.17, 15) is 0 Å². The average Bonchev–Trinajstić information content (AvgIpc) is 2.98. The zero-order valence-electron chi connectivity index (χ0n) is 26.8. The molecule has 0 aliphatic carbocycles. The monoisotopic (exact) mass is 611 g/mol. The molecule has 0 aromatic carbocycles. The first kappa shape index (κ1) is 39.5. The van der Waals surface area contributed by atoms with Gasteiger partial charge in [0.25, 0.3) is 0 Å². The number of rotatable bonds is 33. The normalized spacial score (nSPS) is 14.9. The van der Waals surface area contributed by atoms with Crippen LogP contribution in [0, 0.1) is 5.92 Å². The Morgan fingerprint density at radius 2 is 0.738 bits per heavy atom. The average molecular weight is 612 g/mol. The maximum absolute atomic E-state index is 5.95. The summed E-state index contributed by atoms with van der Waals surface area (Å²) in [4.78, 5) is 2.54. The van der Waals surface area contributed by atoms with Crippen molar-refractivity contribution in [3.8, 4) is 0 Å². The highest BCUT2D eigenvalue weighted by atomic mass is 16.6.